The summed E-state index contributed by atoms with van der Waals surface area (Å²) in [5.41, 5.74) is 0. The molecule has 2 atom stereocenters. The fourth-order valence-electron chi connectivity index (χ4n) is 4.92. The number of likely N-dealkylation sites (N-methyl/N-ethyl adjacent to an activating group) is 1. The molecule has 1 aliphatic rings. The van der Waals surface area contributed by atoms with Gasteiger partial charge < -0.3 is 5.32 Å². The van der Waals surface area contributed by atoms with Crippen LogP contribution in [0.15, 0.2) is 17.1 Å². The van der Waals surface area contributed by atoms with E-state index in [0.717, 1.165) is 43.4 Å². The minimum atomic E-state index is 0.0510. The van der Waals surface area contributed by atoms with E-state index in [4.69, 9.17) is 4.99 Å². The third-order valence-electron chi connectivity index (χ3n) is 6.94. The molecule has 0 fully saturated rings. The molecule has 1 amide bonds. The Labute approximate surface area is 193 Å². The lowest BCUT2D eigenvalue weighted by atomic mass is 10.1. The number of carbonyl (C=O) groups excluding carboxylic acids is 1. The first kappa shape index (κ1) is 27.9. The highest BCUT2D eigenvalue weighted by atomic mass is 16.1. The van der Waals surface area contributed by atoms with Crippen molar-refractivity contribution in [1.82, 2.24) is 5.32 Å². The van der Waals surface area contributed by atoms with Crippen molar-refractivity contribution in [2.45, 2.75) is 130 Å². The van der Waals surface area contributed by atoms with Crippen LogP contribution in [0, 0.1) is 0 Å². The first-order valence-electron chi connectivity index (χ1n) is 13.4. The zero-order valence-electron chi connectivity index (χ0n) is 21.3. The van der Waals surface area contributed by atoms with Crippen LogP contribution in [-0.4, -0.2) is 42.0 Å². The molecule has 0 bridgehead atoms. The van der Waals surface area contributed by atoms with Crippen LogP contribution in [0.4, 0.5) is 0 Å². The summed E-state index contributed by atoms with van der Waals surface area (Å²) in [4.78, 5) is 16.3. The molecule has 0 aromatic rings. The largest absolute Gasteiger partial charge is 0.307 e. The van der Waals surface area contributed by atoms with Crippen molar-refractivity contribution < 1.29 is 9.28 Å². The van der Waals surface area contributed by atoms with Crippen LogP contribution >= 0.6 is 0 Å². The molecule has 180 valence electrons. The first-order valence-corrected chi connectivity index (χ1v) is 13.4. The molecule has 1 rings (SSSR count). The van der Waals surface area contributed by atoms with Gasteiger partial charge in [-0.3, -0.25) is 9.28 Å². The smallest absolute Gasteiger partial charge is 0.221 e. The highest BCUT2D eigenvalue weighted by Crippen LogP contribution is 2.22. The molecule has 2 unspecified atom stereocenters. The number of quaternary nitrogens is 1. The third-order valence-corrected chi connectivity index (χ3v) is 6.94. The number of carbonyl (C=O) groups is 1. The number of hydrogen-bond acceptors (Lipinski definition) is 2. The second-order valence-electron chi connectivity index (χ2n) is 9.44. The Bertz CT molecular complexity index is 529. The number of allylic oxidation sites excluding steroid dienone is 2. The molecule has 1 N–H and O–H groups in total. The van der Waals surface area contributed by atoms with Gasteiger partial charge >= 0.3 is 0 Å². The number of aliphatic imine (C=N–C) groups is 1. The van der Waals surface area contributed by atoms with E-state index < -0.39 is 0 Å². The highest BCUT2D eigenvalue weighted by molar-refractivity contribution is 5.78. The van der Waals surface area contributed by atoms with Crippen molar-refractivity contribution in [3.63, 3.8) is 0 Å². The van der Waals surface area contributed by atoms with E-state index in [1.807, 2.05) is 0 Å². The third kappa shape index (κ3) is 11.3. The molecule has 1 heterocycles. The molecule has 0 aromatic carbocycles. The summed E-state index contributed by atoms with van der Waals surface area (Å²) in [6.07, 6.45) is 24.9. The van der Waals surface area contributed by atoms with Crippen molar-refractivity contribution in [1.29, 1.82) is 0 Å². The lowest BCUT2D eigenvalue weighted by molar-refractivity contribution is -0.861. The van der Waals surface area contributed by atoms with E-state index in [9.17, 15) is 4.79 Å². The first-order chi connectivity index (χ1) is 15.1. The predicted octanol–water partition coefficient (Wildman–Crippen LogP) is 7.14. The predicted molar refractivity (Wildman–Crippen MR) is 135 cm³/mol. The Morgan fingerprint density at radius 2 is 1.48 bits per heavy atom. The van der Waals surface area contributed by atoms with E-state index >= 15 is 0 Å². The van der Waals surface area contributed by atoms with Gasteiger partial charge in [-0.15, -0.1) is 0 Å². The molecular formula is C27H52N3O+. The van der Waals surface area contributed by atoms with Gasteiger partial charge in [0.25, 0.3) is 0 Å². The van der Waals surface area contributed by atoms with Gasteiger partial charge in [-0.1, -0.05) is 83.3 Å². The number of amidine groups is 1. The second-order valence-corrected chi connectivity index (χ2v) is 9.44. The number of nitrogens with one attached hydrogen (secondary N) is 1. The zero-order chi connectivity index (χ0) is 22.8. The molecule has 0 radical (unpaired) electrons. The van der Waals surface area contributed by atoms with Gasteiger partial charge in [0.05, 0.1) is 13.1 Å². The van der Waals surface area contributed by atoms with E-state index in [1.54, 1.807) is 6.92 Å². The standard InChI is InChI=1S/C27H51N3O/c1-5-7-8-9-10-11-12-13-14-15-16-17-18-19-20-21-22-27-28-23-24-30(27,6-2)25(3)29-26(4)31/h18-19,25H,5-17,20-24H2,1-4H3/p+1/b19-18+. The Morgan fingerprint density at radius 1 is 0.935 bits per heavy atom. The molecule has 1 aliphatic heterocycles. The zero-order valence-corrected chi connectivity index (χ0v) is 21.3. The van der Waals surface area contributed by atoms with Gasteiger partial charge in [0.15, 0.2) is 12.0 Å². The van der Waals surface area contributed by atoms with Gasteiger partial charge in [0.1, 0.15) is 6.54 Å². The number of amides is 1. The topological polar surface area (TPSA) is 41.5 Å². The summed E-state index contributed by atoms with van der Waals surface area (Å²) in [7, 11) is 0. The lowest BCUT2D eigenvalue weighted by Crippen LogP contribution is -2.62. The minimum absolute atomic E-state index is 0.0510. The van der Waals surface area contributed by atoms with E-state index in [0.29, 0.717) is 0 Å². The van der Waals surface area contributed by atoms with Gasteiger partial charge in [0.2, 0.25) is 5.91 Å². The van der Waals surface area contributed by atoms with Crippen LogP contribution in [-0.2, 0) is 4.79 Å². The summed E-state index contributed by atoms with van der Waals surface area (Å²) in [6.45, 7) is 11.1. The van der Waals surface area contributed by atoms with E-state index in [2.05, 4.69) is 38.2 Å². The van der Waals surface area contributed by atoms with Crippen molar-refractivity contribution >= 4 is 11.7 Å². The molecular weight excluding hydrogens is 382 g/mol. The molecule has 31 heavy (non-hydrogen) atoms. The Hall–Kier alpha value is -1.16. The fourth-order valence-corrected chi connectivity index (χ4v) is 4.92. The fraction of sp³-hybridized carbons (Fsp3) is 0.852. The minimum Gasteiger partial charge on any atom is -0.307 e. The Kier molecular flexibility index (Phi) is 15.6. The van der Waals surface area contributed by atoms with Crippen LogP contribution in [0.2, 0.25) is 0 Å². The van der Waals surface area contributed by atoms with Crippen molar-refractivity contribution in [2.75, 3.05) is 19.6 Å². The molecule has 0 saturated heterocycles. The maximum Gasteiger partial charge on any atom is 0.221 e. The number of nitrogens with zero attached hydrogens (tertiary/aromatic N) is 2. The van der Waals surface area contributed by atoms with Gasteiger partial charge in [-0.05, 0) is 32.6 Å². The molecule has 4 nitrogen and oxygen atoms in total. The normalized spacial score (nSPS) is 19.7. The Morgan fingerprint density at radius 3 is 2.03 bits per heavy atom. The summed E-state index contributed by atoms with van der Waals surface area (Å²) < 4.78 is 0.835. The van der Waals surface area contributed by atoms with Crippen molar-refractivity contribution in [3.8, 4) is 0 Å². The molecule has 4 heteroatoms. The molecule has 0 aromatic heterocycles. The van der Waals surface area contributed by atoms with Crippen molar-refractivity contribution in [3.05, 3.63) is 12.2 Å². The van der Waals surface area contributed by atoms with Gasteiger partial charge in [0, 0.05) is 20.3 Å². The monoisotopic (exact) mass is 434 g/mol. The average Bonchev–Trinajstić information content (AvgIpc) is 3.17. The maximum atomic E-state index is 11.5. The van der Waals surface area contributed by atoms with Crippen molar-refractivity contribution in [2.24, 2.45) is 4.99 Å². The summed E-state index contributed by atoms with van der Waals surface area (Å²) in [5, 5.41) is 3.10. The van der Waals surface area contributed by atoms with Crippen LogP contribution < -0.4 is 5.32 Å². The lowest BCUT2D eigenvalue weighted by Gasteiger charge is -2.39. The Balaban J connectivity index is 2.06. The summed E-state index contributed by atoms with van der Waals surface area (Å²) >= 11 is 0. The number of unbranched alkanes of at least 4 members (excludes halogenated alkanes) is 12. The second kappa shape index (κ2) is 17.4. The molecule has 0 saturated carbocycles. The van der Waals surface area contributed by atoms with Gasteiger partial charge in [-0.25, -0.2) is 4.99 Å². The summed E-state index contributed by atoms with van der Waals surface area (Å²) in [5.74, 6) is 1.33. The molecule has 0 aliphatic carbocycles. The quantitative estimate of drug-likeness (QED) is 0.131. The molecule has 0 spiro atoms. The van der Waals surface area contributed by atoms with Crippen LogP contribution in [0.5, 0.6) is 0 Å². The highest BCUT2D eigenvalue weighted by Gasteiger charge is 2.41. The maximum absolute atomic E-state index is 11.5. The average molecular weight is 435 g/mol. The van der Waals surface area contributed by atoms with E-state index in [1.165, 1.54) is 82.9 Å². The number of hydrogen-bond donors (Lipinski definition) is 1. The van der Waals surface area contributed by atoms with Crippen LogP contribution in [0.25, 0.3) is 0 Å². The number of rotatable bonds is 19. The van der Waals surface area contributed by atoms with Crippen LogP contribution in [0.1, 0.15) is 124 Å². The van der Waals surface area contributed by atoms with Gasteiger partial charge in [-0.2, -0.15) is 0 Å². The van der Waals surface area contributed by atoms with E-state index in [-0.39, 0.29) is 12.1 Å². The summed E-state index contributed by atoms with van der Waals surface area (Å²) in [6, 6.07) is 0. The van der Waals surface area contributed by atoms with Crippen LogP contribution in [0.3, 0.4) is 0 Å². The SMILES string of the molecule is CCCCCCCCCCCCC/C=C/CCCC1=NCC[N+]1(CC)C(C)NC(C)=O.